The molecule has 4 nitrogen and oxygen atoms in total. The van der Waals surface area contributed by atoms with E-state index in [9.17, 15) is 4.79 Å². The van der Waals surface area contributed by atoms with Crippen molar-refractivity contribution in [2.75, 3.05) is 19.6 Å². The smallest absolute Gasteiger partial charge is 0.234 e. The number of carbonyl (C=O) groups is 1. The van der Waals surface area contributed by atoms with Crippen molar-refractivity contribution in [3.05, 3.63) is 35.7 Å². The first-order valence-electron chi connectivity index (χ1n) is 8.58. The van der Waals surface area contributed by atoms with Crippen LogP contribution in [0.25, 0.3) is 0 Å². The number of nitrogens with zero attached hydrogens (tertiary/aromatic N) is 2. The summed E-state index contributed by atoms with van der Waals surface area (Å²) < 4.78 is 2.29. The van der Waals surface area contributed by atoms with E-state index in [0.29, 0.717) is 12.6 Å². The molecule has 0 spiro atoms. The lowest BCUT2D eigenvalue weighted by Crippen LogP contribution is -2.43. The van der Waals surface area contributed by atoms with Crippen molar-refractivity contribution >= 4 is 5.91 Å². The molecule has 1 aromatic rings. The Hall–Kier alpha value is -1.55. The molecule has 1 aromatic heterocycles. The Morgan fingerprint density at radius 2 is 2.27 bits per heavy atom. The van der Waals surface area contributed by atoms with E-state index in [-0.39, 0.29) is 5.91 Å². The summed E-state index contributed by atoms with van der Waals surface area (Å²) in [4.78, 5) is 14.4. The molecule has 0 bridgehead atoms. The van der Waals surface area contributed by atoms with E-state index < -0.39 is 0 Å². The zero-order valence-corrected chi connectivity index (χ0v) is 13.6. The van der Waals surface area contributed by atoms with Gasteiger partial charge in [0, 0.05) is 37.6 Å². The number of rotatable bonds is 5. The maximum Gasteiger partial charge on any atom is 0.234 e. The van der Waals surface area contributed by atoms with Crippen LogP contribution in [-0.4, -0.2) is 35.0 Å². The van der Waals surface area contributed by atoms with E-state index in [0.717, 1.165) is 26.1 Å². The van der Waals surface area contributed by atoms with Gasteiger partial charge in [-0.3, -0.25) is 9.69 Å². The van der Waals surface area contributed by atoms with Gasteiger partial charge in [0.25, 0.3) is 0 Å². The number of allylic oxidation sites excluding steroid dienone is 1. The molecule has 1 aliphatic carbocycles. The predicted octanol–water partition coefficient (Wildman–Crippen LogP) is 2.87. The van der Waals surface area contributed by atoms with E-state index in [1.54, 1.807) is 0 Å². The van der Waals surface area contributed by atoms with Crippen LogP contribution in [0.2, 0.25) is 0 Å². The monoisotopic (exact) mass is 301 g/mol. The zero-order chi connectivity index (χ0) is 15.4. The Labute approximate surface area is 133 Å². The molecule has 2 heterocycles. The molecule has 0 saturated carbocycles. The molecule has 120 valence electrons. The predicted molar refractivity (Wildman–Crippen MR) is 88.6 cm³/mol. The van der Waals surface area contributed by atoms with E-state index in [4.69, 9.17) is 0 Å². The molecular weight excluding hydrogens is 274 g/mol. The first-order chi connectivity index (χ1) is 10.7. The van der Waals surface area contributed by atoms with Crippen molar-refractivity contribution in [1.82, 2.24) is 14.8 Å². The maximum atomic E-state index is 12.2. The Morgan fingerprint density at radius 3 is 3.09 bits per heavy atom. The SMILES string of the molecule is CC1c2cccn2CCN1CC(=O)NCCC1=CCCCC1. The van der Waals surface area contributed by atoms with Gasteiger partial charge in [0.05, 0.1) is 6.54 Å². The van der Waals surface area contributed by atoms with Gasteiger partial charge in [0.1, 0.15) is 0 Å². The summed E-state index contributed by atoms with van der Waals surface area (Å²) in [5.41, 5.74) is 2.84. The van der Waals surface area contributed by atoms with E-state index in [1.807, 2.05) is 0 Å². The van der Waals surface area contributed by atoms with E-state index in [1.165, 1.54) is 37.0 Å². The van der Waals surface area contributed by atoms with Crippen LogP contribution in [0.1, 0.15) is 50.8 Å². The summed E-state index contributed by atoms with van der Waals surface area (Å²) in [7, 11) is 0. The van der Waals surface area contributed by atoms with Gasteiger partial charge in [-0.2, -0.15) is 0 Å². The molecule has 0 aromatic carbocycles. The lowest BCUT2D eigenvalue weighted by Gasteiger charge is -2.34. The van der Waals surface area contributed by atoms with Gasteiger partial charge in [-0.15, -0.1) is 0 Å². The molecule has 1 N–H and O–H groups in total. The molecule has 1 unspecified atom stereocenters. The summed E-state index contributed by atoms with van der Waals surface area (Å²) in [5.74, 6) is 0.156. The minimum Gasteiger partial charge on any atom is -0.355 e. The van der Waals surface area contributed by atoms with E-state index in [2.05, 4.69) is 46.1 Å². The molecule has 0 fully saturated rings. The third-order valence-electron chi connectivity index (χ3n) is 4.97. The summed E-state index contributed by atoms with van der Waals surface area (Å²) in [6.45, 7) is 5.40. The Kier molecular flexibility index (Phi) is 4.98. The number of hydrogen-bond donors (Lipinski definition) is 1. The van der Waals surface area contributed by atoms with Crippen molar-refractivity contribution in [3.63, 3.8) is 0 Å². The molecule has 3 rings (SSSR count). The number of carbonyl (C=O) groups excluding carboxylic acids is 1. The molecular formula is C18H27N3O. The summed E-state index contributed by atoms with van der Waals surface area (Å²) in [6, 6.07) is 4.56. The Morgan fingerprint density at radius 1 is 1.36 bits per heavy atom. The fourth-order valence-electron chi connectivity index (χ4n) is 3.58. The van der Waals surface area contributed by atoms with E-state index >= 15 is 0 Å². The fraction of sp³-hybridized carbons (Fsp3) is 0.611. The summed E-state index contributed by atoms with van der Waals surface area (Å²) >= 11 is 0. The highest BCUT2D eigenvalue weighted by Gasteiger charge is 2.24. The minimum absolute atomic E-state index is 0.156. The fourth-order valence-corrected chi connectivity index (χ4v) is 3.58. The molecule has 22 heavy (non-hydrogen) atoms. The molecule has 0 saturated heterocycles. The van der Waals surface area contributed by atoms with Crippen molar-refractivity contribution in [1.29, 1.82) is 0 Å². The van der Waals surface area contributed by atoms with Gasteiger partial charge in [-0.25, -0.2) is 0 Å². The first kappa shape index (κ1) is 15.3. The highest BCUT2D eigenvalue weighted by atomic mass is 16.2. The highest BCUT2D eigenvalue weighted by Crippen LogP contribution is 2.24. The number of aromatic nitrogens is 1. The third kappa shape index (κ3) is 3.61. The standard InChI is InChI=1S/C18H27N3O/c1-15-17-8-5-11-20(17)12-13-21(15)14-18(22)19-10-9-16-6-3-2-4-7-16/h5-6,8,11,15H,2-4,7,9-10,12-14H2,1H3,(H,19,22). The van der Waals surface area contributed by atoms with Gasteiger partial charge < -0.3 is 9.88 Å². The van der Waals surface area contributed by atoms with Crippen LogP contribution in [0.15, 0.2) is 30.0 Å². The van der Waals surface area contributed by atoms with Crippen LogP contribution in [0.4, 0.5) is 0 Å². The highest BCUT2D eigenvalue weighted by molar-refractivity contribution is 5.78. The van der Waals surface area contributed by atoms with Crippen molar-refractivity contribution < 1.29 is 4.79 Å². The van der Waals surface area contributed by atoms with Gasteiger partial charge in [0.2, 0.25) is 5.91 Å². The van der Waals surface area contributed by atoms with Crippen molar-refractivity contribution in [2.45, 2.75) is 51.6 Å². The number of hydrogen-bond acceptors (Lipinski definition) is 2. The summed E-state index contributed by atoms with van der Waals surface area (Å²) in [5, 5.41) is 3.09. The van der Waals surface area contributed by atoms with Crippen LogP contribution in [0.3, 0.4) is 0 Å². The minimum atomic E-state index is 0.156. The number of fused-ring (bicyclic) bond motifs is 1. The maximum absolute atomic E-state index is 12.2. The molecule has 1 aliphatic heterocycles. The molecule has 1 amide bonds. The first-order valence-corrected chi connectivity index (χ1v) is 8.58. The van der Waals surface area contributed by atoms with Gasteiger partial charge in [-0.1, -0.05) is 11.6 Å². The van der Waals surface area contributed by atoms with Crippen molar-refractivity contribution in [3.8, 4) is 0 Å². The van der Waals surface area contributed by atoms with Crippen molar-refractivity contribution in [2.24, 2.45) is 0 Å². The van der Waals surface area contributed by atoms with Gasteiger partial charge in [0.15, 0.2) is 0 Å². The van der Waals surface area contributed by atoms with Gasteiger partial charge >= 0.3 is 0 Å². The topological polar surface area (TPSA) is 37.3 Å². The normalized spacial score (nSPS) is 22.0. The molecule has 4 heteroatoms. The average Bonchev–Trinajstić information content (AvgIpc) is 3.01. The van der Waals surface area contributed by atoms with Gasteiger partial charge in [-0.05, 0) is 51.2 Å². The van der Waals surface area contributed by atoms with Crippen LogP contribution in [0.5, 0.6) is 0 Å². The van der Waals surface area contributed by atoms with Crippen LogP contribution in [-0.2, 0) is 11.3 Å². The second-order valence-electron chi connectivity index (χ2n) is 6.48. The molecule has 1 atom stereocenters. The summed E-state index contributed by atoms with van der Waals surface area (Å²) in [6.07, 6.45) is 10.6. The van der Waals surface area contributed by atoms with Crippen LogP contribution < -0.4 is 5.32 Å². The molecule has 0 radical (unpaired) electrons. The quantitative estimate of drug-likeness (QED) is 0.849. The average molecular weight is 301 g/mol. The van der Waals surface area contributed by atoms with Crippen LogP contribution in [0, 0.1) is 0 Å². The second-order valence-corrected chi connectivity index (χ2v) is 6.48. The number of amides is 1. The largest absolute Gasteiger partial charge is 0.355 e. The lowest BCUT2D eigenvalue weighted by atomic mass is 9.97. The number of nitrogens with one attached hydrogen (secondary N) is 1. The zero-order valence-electron chi connectivity index (χ0n) is 13.6. The van der Waals surface area contributed by atoms with Crippen LogP contribution >= 0.6 is 0 Å². The second kappa shape index (κ2) is 7.14. The Bertz CT molecular complexity index is 546. The Balaban J connectivity index is 1.43. The molecule has 2 aliphatic rings. The lowest BCUT2D eigenvalue weighted by molar-refractivity contribution is -0.123. The third-order valence-corrected chi connectivity index (χ3v) is 4.97.